The van der Waals surface area contributed by atoms with Crippen molar-refractivity contribution in [3.8, 4) is 11.5 Å². The van der Waals surface area contributed by atoms with Gasteiger partial charge in [0.2, 0.25) is 12.7 Å². The summed E-state index contributed by atoms with van der Waals surface area (Å²) in [5, 5.41) is 12.2. The van der Waals surface area contributed by atoms with E-state index >= 15 is 0 Å². The Hall–Kier alpha value is -2.22. The fraction of sp³-hybridized carbons (Fsp3) is 0.471. The zero-order valence-electron chi connectivity index (χ0n) is 14.2. The van der Waals surface area contributed by atoms with Gasteiger partial charge >= 0.3 is 0 Å². The highest BCUT2D eigenvalue weighted by molar-refractivity contribution is 7.99. The summed E-state index contributed by atoms with van der Waals surface area (Å²) in [7, 11) is 0. The molecule has 0 radical (unpaired) electrons. The molecule has 4 rings (SSSR count). The first-order chi connectivity index (χ1) is 12.1. The summed E-state index contributed by atoms with van der Waals surface area (Å²) in [6.07, 6.45) is 2.33. The van der Waals surface area contributed by atoms with Crippen molar-refractivity contribution >= 4 is 17.7 Å². The van der Waals surface area contributed by atoms with Crippen LogP contribution in [0.15, 0.2) is 23.4 Å². The van der Waals surface area contributed by atoms with E-state index in [0.717, 1.165) is 28.0 Å². The molecule has 1 fully saturated rings. The van der Waals surface area contributed by atoms with Crippen LogP contribution in [0.2, 0.25) is 0 Å². The Morgan fingerprint density at radius 1 is 1.36 bits per heavy atom. The molecule has 0 saturated heterocycles. The Morgan fingerprint density at radius 2 is 2.16 bits per heavy atom. The van der Waals surface area contributed by atoms with Gasteiger partial charge in [-0.05, 0) is 44.4 Å². The average Bonchev–Trinajstić information content (AvgIpc) is 3.19. The number of fused-ring (bicyclic) bond motifs is 1. The van der Waals surface area contributed by atoms with E-state index < -0.39 is 0 Å². The molecule has 0 bridgehead atoms. The predicted octanol–water partition coefficient (Wildman–Crippen LogP) is 2.62. The van der Waals surface area contributed by atoms with Gasteiger partial charge < -0.3 is 19.4 Å². The van der Waals surface area contributed by atoms with E-state index in [2.05, 4.69) is 20.1 Å². The Labute approximate surface area is 150 Å². The number of thioether (sulfide) groups is 1. The van der Waals surface area contributed by atoms with E-state index in [1.54, 1.807) is 0 Å². The van der Waals surface area contributed by atoms with Gasteiger partial charge in [0.1, 0.15) is 5.82 Å². The van der Waals surface area contributed by atoms with Crippen molar-refractivity contribution in [3.63, 3.8) is 0 Å². The normalized spacial score (nSPS) is 16.7. The zero-order valence-corrected chi connectivity index (χ0v) is 15.0. The second kappa shape index (κ2) is 6.59. The fourth-order valence-corrected chi connectivity index (χ4v) is 3.74. The van der Waals surface area contributed by atoms with E-state index in [4.69, 9.17) is 9.47 Å². The van der Waals surface area contributed by atoms with Gasteiger partial charge in [0.15, 0.2) is 16.7 Å². The average molecular weight is 360 g/mol. The standard InChI is InChI=1S/C17H20N4O3S/c1-10(12-3-6-14-15(7-12)24-9-23-14)18-16(22)8-25-17-20-19-11(2)21(17)13-4-5-13/h3,6-7,10,13H,4-5,8-9H2,1-2H3,(H,18,22)/t10-/m1/s1. The molecule has 2 aliphatic rings. The third-order valence-electron chi connectivity index (χ3n) is 4.35. The number of ether oxygens (including phenoxy) is 2. The van der Waals surface area contributed by atoms with Gasteiger partial charge in [-0.2, -0.15) is 0 Å². The Morgan fingerprint density at radius 3 is 2.96 bits per heavy atom. The van der Waals surface area contributed by atoms with E-state index in [9.17, 15) is 4.79 Å². The quantitative estimate of drug-likeness (QED) is 0.798. The molecule has 1 N–H and O–H groups in total. The number of aromatic nitrogens is 3. The molecule has 2 aromatic rings. The van der Waals surface area contributed by atoms with Crippen molar-refractivity contribution in [1.29, 1.82) is 0 Å². The first-order valence-electron chi connectivity index (χ1n) is 8.35. The zero-order chi connectivity index (χ0) is 17.4. The third kappa shape index (κ3) is 3.44. The molecule has 1 aliphatic carbocycles. The lowest BCUT2D eigenvalue weighted by Crippen LogP contribution is -2.28. The number of nitrogens with one attached hydrogen (secondary N) is 1. The van der Waals surface area contributed by atoms with Crippen LogP contribution >= 0.6 is 11.8 Å². The second-order valence-electron chi connectivity index (χ2n) is 6.32. The summed E-state index contributed by atoms with van der Waals surface area (Å²) < 4.78 is 12.8. The lowest BCUT2D eigenvalue weighted by molar-refractivity contribution is -0.119. The van der Waals surface area contributed by atoms with Crippen LogP contribution < -0.4 is 14.8 Å². The topological polar surface area (TPSA) is 78.3 Å². The van der Waals surface area contributed by atoms with Crippen LogP contribution in [0.1, 0.15) is 43.2 Å². The van der Waals surface area contributed by atoms with Crippen LogP contribution in [0.4, 0.5) is 0 Å². The number of carbonyl (C=O) groups excluding carboxylic acids is 1. The van der Waals surface area contributed by atoms with Gasteiger partial charge in [0, 0.05) is 6.04 Å². The van der Waals surface area contributed by atoms with Gasteiger partial charge in [-0.3, -0.25) is 4.79 Å². The number of nitrogens with zero attached hydrogens (tertiary/aromatic N) is 3. The summed E-state index contributed by atoms with van der Waals surface area (Å²) in [5.74, 6) is 2.67. The molecule has 1 aliphatic heterocycles. The molecule has 1 atom stereocenters. The Bertz CT molecular complexity index is 803. The molecule has 2 heterocycles. The molecule has 1 aromatic carbocycles. The monoisotopic (exact) mass is 360 g/mol. The van der Waals surface area contributed by atoms with Gasteiger partial charge in [-0.15, -0.1) is 10.2 Å². The summed E-state index contributed by atoms with van der Waals surface area (Å²) >= 11 is 1.43. The summed E-state index contributed by atoms with van der Waals surface area (Å²) in [5.41, 5.74) is 0.986. The third-order valence-corrected chi connectivity index (χ3v) is 5.30. The van der Waals surface area contributed by atoms with Crippen LogP contribution in [0.3, 0.4) is 0 Å². The van der Waals surface area contributed by atoms with E-state index in [1.807, 2.05) is 32.0 Å². The molecular weight excluding hydrogens is 340 g/mol. The predicted molar refractivity (Wildman–Crippen MR) is 92.9 cm³/mol. The molecular formula is C17H20N4O3S. The molecule has 0 unspecified atom stereocenters. The first kappa shape index (κ1) is 16.3. The van der Waals surface area contributed by atoms with Crippen molar-refractivity contribution in [2.75, 3.05) is 12.5 Å². The van der Waals surface area contributed by atoms with Gasteiger partial charge in [-0.25, -0.2) is 0 Å². The molecule has 8 heteroatoms. The van der Waals surface area contributed by atoms with Crippen LogP contribution in [-0.4, -0.2) is 33.2 Å². The highest BCUT2D eigenvalue weighted by Gasteiger charge is 2.28. The molecule has 1 saturated carbocycles. The number of hydrogen-bond acceptors (Lipinski definition) is 6. The fourth-order valence-electron chi connectivity index (χ4n) is 2.88. The first-order valence-corrected chi connectivity index (χ1v) is 9.33. The lowest BCUT2D eigenvalue weighted by Gasteiger charge is -2.15. The van der Waals surface area contributed by atoms with Crippen molar-refractivity contribution in [2.45, 2.75) is 43.9 Å². The minimum Gasteiger partial charge on any atom is -0.454 e. The maximum absolute atomic E-state index is 12.3. The largest absolute Gasteiger partial charge is 0.454 e. The number of amides is 1. The number of benzene rings is 1. The van der Waals surface area contributed by atoms with Gasteiger partial charge in [0.25, 0.3) is 0 Å². The minimum absolute atomic E-state index is 0.0295. The number of hydrogen-bond donors (Lipinski definition) is 1. The van der Waals surface area contributed by atoms with Crippen LogP contribution in [0.25, 0.3) is 0 Å². The van der Waals surface area contributed by atoms with Gasteiger partial charge in [0.05, 0.1) is 11.8 Å². The van der Waals surface area contributed by atoms with Crippen molar-refractivity contribution in [3.05, 3.63) is 29.6 Å². The van der Waals surface area contributed by atoms with Crippen LogP contribution in [0.5, 0.6) is 11.5 Å². The highest BCUT2D eigenvalue weighted by atomic mass is 32.2. The minimum atomic E-state index is -0.106. The van der Waals surface area contributed by atoms with Gasteiger partial charge in [-0.1, -0.05) is 17.8 Å². The van der Waals surface area contributed by atoms with Crippen molar-refractivity contribution < 1.29 is 14.3 Å². The van der Waals surface area contributed by atoms with E-state index in [1.165, 1.54) is 24.6 Å². The molecule has 1 amide bonds. The molecule has 7 nitrogen and oxygen atoms in total. The summed E-state index contributed by atoms with van der Waals surface area (Å²) in [4.78, 5) is 12.3. The summed E-state index contributed by atoms with van der Waals surface area (Å²) in [6.45, 7) is 4.16. The van der Waals surface area contributed by atoms with Crippen LogP contribution in [-0.2, 0) is 4.79 Å². The highest BCUT2D eigenvalue weighted by Crippen LogP contribution is 2.38. The number of carbonyl (C=O) groups is 1. The van der Waals surface area contributed by atoms with Crippen molar-refractivity contribution in [1.82, 2.24) is 20.1 Å². The number of rotatable bonds is 6. The maximum Gasteiger partial charge on any atom is 0.231 e. The molecule has 1 aromatic heterocycles. The maximum atomic E-state index is 12.3. The smallest absolute Gasteiger partial charge is 0.231 e. The van der Waals surface area contributed by atoms with Crippen molar-refractivity contribution in [2.24, 2.45) is 0 Å². The van der Waals surface area contributed by atoms with E-state index in [-0.39, 0.29) is 18.7 Å². The molecule has 25 heavy (non-hydrogen) atoms. The second-order valence-corrected chi connectivity index (χ2v) is 7.26. The Balaban J connectivity index is 1.34. The Kier molecular flexibility index (Phi) is 4.29. The summed E-state index contributed by atoms with van der Waals surface area (Å²) in [6, 6.07) is 6.13. The molecule has 0 spiro atoms. The molecule has 132 valence electrons. The number of aryl methyl sites for hydroxylation is 1. The van der Waals surface area contributed by atoms with Crippen LogP contribution in [0, 0.1) is 6.92 Å². The lowest BCUT2D eigenvalue weighted by atomic mass is 10.1. The van der Waals surface area contributed by atoms with E-state index in [0.29, 0.717) is 11.8 Å². The SMILES string of the molecule is Cc1nnc(SCC(=O)N[C@H](C)c2ccc3c(c2)OCO3)n1C1CC1.